The van der Waals surface area contributed by atoms with Gasteiger partial charge < -0.3 is 10.4 Å². The van der Waals surface area contributed by atoms with E-state index in [0.29, 0.717) is 12.3 Å². The van der Waals surface area contributed by atoms with Crippen LogP contribution in [0.4, 0.5) is 0 Å². The summed E-state index contributed by atoms with van der Waals surface area (Å²) in [4.78, 5) is 13.1. The van der Waals surface area contributed by atoms with Gasteiger partial charge in [-0.25, -0.2) is 0 Å². The van der Waals surface area contributed by atoms with Crippen molar-refractivity contribution in [2.24, 2.45) is 0 Å². The van der Waals surface area contributed by atoms with Crippen molar-refractivity contribution in [3.63, 3.8) is 0 Å². The lowest BCUT2D eigenvalue weighted by atomic mass is 10.1. The molecule has 3 rings (SSSR count). The van der Waals surface area contributed by atoms with Gasteiger partial charge in [0.1, 0.15) is 5.75 Å². The van der Waals surface area contributed by atoms with Crippen LogP contribution in [-0.2, 0) is 24.1 Å². The van der Waals surface area contributed by atoms with Gasteiger partial charge in [0.15, 0.2) is 0 Å². The number of carbonyl (C=O) groups excluding carboxylic acids is 1. The van der Waals surface area contributed by atoms with E-state index >= 15 is 0 Å². The van der Waals surface area contributed by atoms with Crippen LogP contribution in [-0.4, -0.2) is 23.3 Å². The number of aromatic hydroxyl groups is 1. The molecule has 0 radical (unpaired) electrons. The number of fused-ring (bicyclic) bond motifs is 1. The average Bonchev–Trinajstić information content (AvgIpc) is 3.06. The Bertz CT molecular complexity index is 697. The van der Waals surface area contributed by atoms with E-state index in [1.54, 1.807) is 23.9 Å². The molecular weight excluding hydrogens is 318 g/mol. The SMILES string of the molecule is O=C(CSc1ccc2c(c1)CCC2)NCCCc1ccc(O)cc1. The molecule has 0 saturated carbocycles. The van der Waals surface area contributed by atoms with E-state index in [4.69, 9.17) is 0 Å². The number of thioether (sulfide) groups is 1. The second-order valence-corrected chi connectivity index (χ2v) is 7.24. The van der Waals surface area contributed by atoms with E-state index < -0.39 is 0 Å². The zero-order valence-corrected chi connectivity index (χ0v) is 14.6. The predicted octanol–water partition coefficient (Wildman–Crippen LogP) is 3.72. The molecule has 0 heterocycles. The van der Waals surface area contributed by atoms with Crippen molar-refractivity contribution in [3.05, 3.63) is 59.2 Å². The highest BCUT2D eigenvalue weighted by molar-refractivity contribution is 8.00. The summed E-state index contributed by atoms with van der Waals surface area (Å²) in [5.74, 6) is 0.847. The van der Waals surface area contributed by atoms with Gasteiger partial charge in [0.05, 0.1) is 5.75 Å². The standard InChI is InChI=1S/C20H23NO2S/c22-18-9-6-15(7-10-18)3-2-12-21-20(23)14-24-19-11-8-16-4-1-5-17(16)13-19/h6-11,13,22H,1-5,12,14H2,(H,21,23). The number of benzene rings is 2. The van der Waals surface area contributed by atoms with Gasteiger partial charge in [-0.05, 0) is 73.1 Å². The van der Waals surface area contributed by atoms with Gasteiger partial charge in [0, 0.05) is 11.4 Å². The first kappa shape index (κ1) is 16.9. The monoisotopic (exact) mass is 341 g/mol. The maximum absolute atomic E-state index is 11.9. The van der Waals surface area contributed by atoms with Crippen molar-refractivity contribution in [2.75, 3.05) is 12.3 Å². The number of amides is 1. The van der Waals surface area contributed by atoms with Gasteiger partial charge in [-0.15, -0.1) is 11.8 Å². The van der Waals surface area contributed by atoms with E-state index in [0.717, 1.165) is 12.8 Å². The molecule has 0 fully saturated rings. The number of rotatable bonds is 7. The quantitative estimate of drug-likeness (QED) is 0.596. The van der Waals surface area contributed by atoms with Gasteiger partial charge in [-0.3, -0.25) is 4.79 Å². The van der Waals surface area contributed by atoms with Crippen molar-refractivity contribution in [1.29, 1.82) is 0 Å². The predicted molar refractivity (Wildman–Crippen MR) is 98.6 cm³/mol. The molecule has 24 heavy (non-hydrogen) atoms. The molecule has 2 aromatic carbocycles. The Hall–Kier alpha value is -1.94. The molecule has 126 valence electrons. The first-order chi connectivity index (χ1) is 11.7. The Kier molecular flexibility index (Phi) is 5.81. The average molecular weight is 341 g/mol. The third-order valence-electron chi connectivity index (χ3n) is 4.34. The molecule has 2 aromatic rings. The molecule has 2 N–H and O–H groups in total. The van der Waals surface area contributed by atoms with E-state index in [1.807, 2.05) is 12.1 Å². The summed E-state index contributed by atoms with van der Waals surface area (Å²) in [6.45, 7) is 0.685. The zero-order chi connectivity index (χ0) is 16.8. The van der Waals surface area contributed by atoms with Gasteiger partial charge >= 0.3 is 0 Å². The maximum atomic E-state index is 11.9. The molecule has 1 aliphatic carbocycles. The second-order valence-electron chi connectivity index (χ2n) is 6.19. The normalized spacial score (nSPS) is 12.8. The molecule has 0 aromatic heterocycles. The van der Waals surface area contributed by atoms with Gasteiger partial charge in [-0.2, -0.15) is 0 Å². The summed E-state index contributed by atoms with van der Waals surface area (Å²) in [7, 11) is 0. The van der Waals surface area contributed by atoms with Crippen LogP contribution in [0.5, 0.6) is 5.75 Å². The highest BCUT2D eigenvalue weighted by Gasteiger charge is 2.11. The first-order valence-electron chi connectivity index (χ1n) is 8.50. The lowest BCUT2D eigenvalue weighted by Gasteiger charge is -2.07. The summed E-state index contributed by atoms with van der Waals surface area (Å²) < 4.78 is 0. The van der Waals surface area contributed by atoms with Gasteiger partial charge in [0.25, 0.3) is 0 Å². The smallest absolute Gasteiger partial charge is 0.230 e. The fourth-order valence-corrected chi connectivity index (χ4v) is 3.81. The second kappa shape index (κ2) is 8.25. The van der Waals surface area contributed by atoms with Crippen molar-refractivity contribution in [2.45, 2.75) is 37.0 Å². The molecule has 1 aliphatic rings. The van der Waals surface area contributed by atoms with Gasteiger partial charge in [0.2, 0.25) is 5.91 Å². The lowest BCUT2D eigenvalue weighted by molar-refractivity contribution is -0.118. The fraction of sp³-hybridized carbons (Fsp3) is 0.350. The Morgan fingerprint density at radius 2 is 1.88 bits per heavy atom. The molecule has 0 unspecified atom stereocenters. The first-order valence-corrected chi connectivity index (χ1v) is 9.48. The molecule has 0 aliphatic heterocycles. The number of aryl methyl sites for hydroxylation is 3. The lowest BCUT2D eigenvalue weighted by Crippen LogP contribution is -2.26. The molecule has 0 spiro atoms. The van der Waals surface area contributed by atoms with Crippen LogP contribution in [0.2, 0.25) is 0 Å². The Morgan fingerprint density at radius 3 is 2.71 bits per heavy atom. The van der Waals surface area contributed by atoms with E-state index in [1.165, 1.54) is 40.8 Å². The third kappa shape index (κ3) is 4.78. The van der Waals surface area contributed by atoms with Crippen LogP contribution in [0.25, 0.3) is 0 Å². The largest absolute Gasteiger partial charge is 0.508 e. The molecule has 4 heteroatoms. The van der Waals surface area contributed by atoms with Crippen LogP contribution in [0, 0.1) is 0 Å². The molecule has 0 atom stereocenters. The van der Waals surface area contributed by atoms with Crippen molar-refractivity contribution in [1.82, 2.24) is 5.32 Å². The number of nitrogens with one attached hydrogen (secondary N) is 1. The summed E-state index contributed by atoms with van der Waals surface area (Å²) in [5, 5.41) is 12.2. The van der Waals surface area contributed by atoms with Crippen LogP contribution in [0.1, 0.15) is 29.5 Å². The van der Waals surface area contributed by atoms with E-state index in [-0.39, 0.29) is 11.7 Å². The maximum Gasteiger partial charge on any atom is 0.230 e. The Labute approximate surface area is 147 Å². The van der Waals surface area contributed by atoms with Crippen LogP contribution in [0.3, 0.4) is 0 Å². The van der Waals surface area contributed by atoms with Crippen molar-refractivity contribution >= 4 is 17.7 Å². The van der Waals surface area contributed by atoms with Crippen molar-refractivity contribution < 1.29 is 9.90 Å². The summed E-state index contributed by atoms with van der Waals surface area (Å²) in [5.41, 5.74) is 4.10. The minimum Gasteiger partial charge on any atom is -0.508 e. The number of carbonyl (C=O) groups is 1. The Balaban J connectivity index is 1.34. The van der Waals surface area contributed by atoms with Crippen LogP contribution in [0.15, 0.2) is 47.4 Å². The molecule has 0 bridgehead atoms. The Morgan fingerprint density at radius 1 is 1.08 bits per heavy atom. The molecule has 0 saturated heterocycles. The molecular formula is C20H23NO2S. The minimum atomic E-state index is 0.0891. The molecule has 3 nitrogen and oxygen atoms in total. The summed E-state index contributed by atoms with van der Waals surface area (Å²) in [6.07, 6.45) is 5.43. The fourth-order valence-electron chi connectivity index (χ4n) is 3.02. The zero-order valence-electron chi connectivity index (χ0n) is 13.8. The number of hydrogen-bond acceptors (Lipinski definition) is 3. The highest BCUT2D eigenvalue weighted by Crippen LogP contribution is 2.27. The van der Waals surface area contributed by atoms with E-state index in [9.17, 15) is 9.90 Å². The topological polar surface area (TPSA) is 49.3 Å². The minimum absolute atomic E-state index is 0.0891. The third-order valence-corrected chi connectivity index (χ3v) is 5.33. The number of phenols is 1. The van der Waals surface area contributed by atoms with Gasteiger partial charge in [-0.1, -0.05) is 18.2 Å². The van der Waals surface area contributed by atoms with Crippen LogP contribution >= 0.6 is 11.8 Å². The summed E-state index contributed by atoms with van der Waals surface area (Å²) >= 11 is 1.61. The highest BCUT2D eigenvalue weighted by atomic mass is 32.2. The summed E-state index contributed by atoms with van der Waals surface area (Å²) in [6, 6.07) is 13.8. The molecule has 1 amide bonds. The van der Waals surface area contributed by atoms with E-state index in [2.05, 4.69) is 23.5 Å². The van der Waals surface area contributed by atoms with Crippen molar-refractivity contribution in [3.8, 4) is 5.75 Å². The number of phenolic OH excluding ortho intramolecular Hbond substituents is 1. The number of hydrogen-bond donors (Lipinski definition) is 2. The van der Waals surface area contributed by atoms with Crippen LogP contribution < -0.4 is 5.32 Å².